The van der Waals surface area contributed by atoms with Gasteiger partial charge in [0.05, 0.1) is 16.5 Å². The second kappa shape index (κ2) is 6.41. The fourth-order valence-electron chi connectivity index (χ4n) is 2.48. The fraction of sp³-hybridized carbons (Fsp3) is 0.0667. The van der Waals surface area contributed by atoms with E-state index in [0.29, 0.717) is 22.5 Å². The van der Waals surface area contributed by atoms with E-state index in [4.69, 9.17) is 0 Å². The second-order valence-electron chi connectivity index (χ2n) is 4.73. The van der Waals surface area contributed by atoms with Gasteiger partial charge in [-0.2, -0.15) is 0 Å². The third-order valence-corrected chi connectivity index (χ3v) is 5.27. The third-order valence-electron chi connectivity index (χ3n) is 3.37. The minimum Gasteiger partial charge on any atom is -0.621 e. The van der Waals surface area contributed by atoms with Crippen molar-refractivity contribution in [2.45, 2.75) is 6.92 Å². The predicted octanol–water partition coefficient (Wildman–Crippen LogP) is 0.288. The topological polar surface area (TPSA) is 60.3 Å². The van der Waals surface area contributed by atoms with Crippen molar-refractivity contribution in [1.82, 2.24) is 5.32 Å². The first-order valence-electron chi connectivity index (χ1n) is 6.32. The van der Waals surface area contributed by atoms with E-state index in [1.165, 1.54) is 22.7 Å². The summed E-state index contributed by atoms with van der Waals surface area (Å²) < 4.78 is 0. The Morgan fingerprint density at radius 3 is 2.55 bits per heavy atom. The number of rotatable bonds is 2. The monoisotopic (exact) mass is 446 g/mol. The van der Waals surface area contributed by atoms with Crippen LogP contribution in [-0.2, 0) is 9.59 Å². The summed E-state index contributed by atoms with van der Waals surface area (Å²) >= 11 is 3.02. The molecule has 0 aromatic carbocycles. The molecule has 0 radical (unpaired) electrons. The van der Waals surface area contributed by atoms with Gasteiger partial charge in [0.2, 0.25) is 0 Å². The van der Waals surface area contributed by atoms with Crippen molar-refractivity contribution in [3.8, 4) is 0 Å². The Morgan fingerprint density at radius 1 is 1.09 bits per heavy atom. The van der Waals surface area contributed by atoms with Crippen molar-refractivity contribution in [2.24, 2.45) is 0 Å². The average molecular weight is 446 g/mol. The largest absolute Gasteiger partial charge is 1.00 e. The standard InChI is InChI=1S/C15H10N2O2S2.Cs/c1-7-4-5-9(21-7)13-11-10(14(18)17-13)12(16-15(11)19)8-3-2-6-20-8;/h2-6H,1H3,(H2,16,17,18,19);/q;+1/p-1. The van der Waals surface area contributed by atoms with Crippen molar-refractivity contribution in [2.75, 3.05) is 0 Å². The van der Waals surface area contributed by atoms with Crippen LogP contribution in [0.2, 0.25) is 0 Å². The molecule has 2 aliphatic rings. The van der Waals surface area contributed by atoms with E-state index in [1.807, 2.05) is 36.6 Å². The van der Waals surface area contributed by atoms with E-state index >= 15 is 0 Å². The number of thiophene rings is 2. The van der Waals surface area contributed by atoms with Crippen LogP contribution in [0.4, 0.5) is 0 Å². The summed E-state index contributed by atoms with van der Waals surface area (Å²) in [4.78, 5) is 27.4. The Hall–Kier alpha value is -0.128. The van der Waals surface area contributed by atoms with Crippen molar-refractivity contribution < 1.29 is 78.5 Å². The van der Waals surface area contributed by atoms with Crippen LogP contribution in [0, 0.1) is 6.92 Å². The summed E-state index contributed by atoms with van der Waals surface area (Å²) in [6.45, 7) is 1.98. The molecule has 2 aromatic rings. The molecule has 7 heteroatoms. The first kappa shape index (κ1) is 16.7. The maximum atomic E-state index is 12.3. The number of nitrogens with one attached hydrogen (secondary N) is 1. The van der Waals surface area contributed by atoms with Crippen molar-refractivity contribution in [3.63, 3.8) is 0 Å². The number of fused-ring (bicyclic) bond motifs is 1. The van der Waals surface area contributed by atoms with Gasteiger partial charge >= 0.3 is 68.9 Å². The molecule has 0 aliphatic carbocycles. The van der Waals surface area contributed by atoms with Gasteiger partial charge in [-0.05, 0) is 30.5 Å². The van der Waals surface area contributed by atoms with E-state index in [9.17, 15) is 9.59 Å². The van der Waals surface area contributed by atoms with Crippen LogP contribution in [0.5, 0.6) is 0 Å². The molecule has 4 rings (SSSR count). The van der Waals surface area contributed by atoms with Gasteiger partial charge in [-0.1, -0.05) is 6.07 Å². The minimum atomic E-state index is -0.340. The van der Waals surface area contributed by atoms with Crippen LogP contribution >= 0.6 is 22.7 Å². The van der Waals surface area contributed by atoms with E-state index < -0.39 is 0 Å². The molecule has 2 aromatic heterocycles. The molecule has 2 aliphatic heterocycles. The summed E-state index contributed by atoms with van der Waals surface area (Å²) in [5.41, 5.74) is 1.90. The Morgan fingerprint density at radius 2 is 1.91 bits per heavy atom. The van der Waals surface area contributed by atoms with E-state index in [0.717, 1.165) is 14.6 Å². The van der Waals surface area contributed by atoms with Crippen LogP contribution in [0.1, 0.15) is 14.6 Å². The van der Waals surface area contributed by atoms with Gasteiger partial charge in [-0.3, -0.25) is 4.79 Å². The zero-order valence-corrected chi connectivity index (χ0v) is 19.9. The number of hydrogen-bond acceptors (Lipinski definition) is 4. The van der Waals surface area contributed by atoms with Gasteiger partial charge in [0.1, 0.15) is 0 Å². The maximum absolute atomic E-state index is 12.3. The van der Waals surface area contributed by atoms with Gasteiger partial charge in [-0.15, -0.1) is 28.4 Å². The van der Waals surface area contributed by atoms with Gasteiger partial charge in [0.15, 0.2) is 0 Å². The first-order chi connectivity index (χ1) is 10.1. The van der Waals surface area contributed by atoms with E-state index in [1.54, 1.807) is 0 Å². The summed E-state index contributed by atoms with van der Waals surface area (Å²) in [5.74, 6) is -0.586. The van der Waals surface area contributed by atoms with Crippen molar-refractivity contribution >= 4 is 45.9 Å². The molecule has 2 amide bonds. The second-order valence-corrected chi connectivity index (χ2v) is 6.97. The predicted molar refractivity (Wildman–Crippen MR) is 83.7 cm³/mol. The van der Waals surface area contributed by atoms with Gasteiger partial charge in [-0.25, -0.2) is 0 Å². The number of nitrogens with zero attached hydrogens (tertiary/aromatic N) is 1. The van der Waals surface area contributed by atoms with Gasteiger partial charge < -0.3 is 15.4 Å². The van der Waals surface area contributed by atoms with Gasteiger partial charge in [0.25, 0.3) is 5.91 Å². The van der Waals surface area contributed by atoms with Crippen LogP contribution in [0.25, 0.3) is 16.7 Å². The summed E-state index contributed by atoms with van der Waals surface area (Å²) in [6.07, 6.45) is 0. The summed E-state index contributed by atoms with van der Waals surface area (Å²) in [7, 11) is 0. The van der Waals surface area contributed by atoms with E-state index in [2.05, 4.69) is 10.6 Å². The normalized spacial score (nSPS) is 16.6. The molecule has 1 N–H and O–H groups in total. The zero-order valence-electron chi connectivity index (χ0n) is 12.0. The molecule has 0 spiro atoms. The van der Waals surface area contributed by atoms with Gasteiger partial charge in [0, 0.05) is 20.9 Å². The molecule has 4 nitrogen and oxygen atoms in total. The zero-order chi connectivity index (χ0) is 14.6. The number of hydrogen-bond donors (Lipinski definition) is 1. The van der Waals surface area contributed by atoms with Crippen molar-refractivity contribution in [3.05, 3.63) is 60.7 Å². The SMILES string of the molecule is Cc1ccc(C2=C3C(=O)NC(c4cccs4)=C3C(=O)[N-]2)s1.[Cs+]. The van der Waals surface area contributed by atoms with Crippen LogP contribution < -0.4 is 74.2 Å². The van der Waals surface area contributed by atoms with E-state index in [-0.39, 0.29) is 80.7 Å². The molecule has 0 fully saturated rings. The summed E-state index contributed by atoms with van der Waals surface area (Å²) in [6, 6.07) is 7.64. The minimum absolute atomic E-state index is 0. The van der Waals surface area contributed by atoms with Crippen LogP contribution in [-0.4, -0.2) is 11.8 Å². The molecule has 0 saturated carbocycles. The quantitative estimate of drug-likeness (QED) is 0.721. The Balaban J connectivity index is 0.00000144. The molecule has 104 valence electrons. The van der Waals surface area contributed by atoms with Crippen LogP contribution in [0.3, 0.4) is 0 Å². The Labute approximate surface area is 194 Å². The smallest absolute Gasteiger partial charge is 0.621 e. The molecular weight excluding hydrogens is 437 g/mol. The molecule has 22 heavy (non-hydrogen) atoms. The molecule has 0 saturated heterocycles. The fourth-order valence-corrected chi connectivity index (χ4v) is 4.07. The maximum Gasteiger partial charge on any atom is 1.00 e. The number of carbonyl (C=O) groups excluding carboxylic acids is 2. The van der Waals surface area contributed by atoms with Crippen LogP contribution in [0.15, 0.2) is 40.8 Å². The summed E-state index contributed by atoms with van der Waals surface area (Å²) in [5, 5.41) is 8.83. The Bertz CT molecular complexity index is 847. The molecule has 4 heterocycles. The number of amides is 2. The average Bonchev–Trinajstić information content (AvgIpc) is 3.17. The molecule has 0 atom stereocenters. The third kappa shape index (κ3) is 2.63. The number of carbonyl (C=O) groups is 2. The first-order valence-corrected chi connectivity index (χ1v) is 8.02. The number of aryl methyl sites for hydroxylation is 1. The van der Waals surface area contributed by atoms with Crippen molar-refractivity contribution in [1.29, 1.82) is 0 Å². The Kier molecular flexibility index (Phi) is 4.87. The molecule has 0 unspecified atom stereocenters. The molecular formula is C15H9CsN2O2S2. The molecule has 0 bridgehead atoms.